The SMILES string of the molecule is Cc1cc(C)nc(-n2nc(C)cc2NC(=O)c2cccc(S(=O)(=O)N3CC(C)OC(C)C3)c2)n1. The summed E-state index contributed by atoms with van der Waals surface area (Å²) in [7, 11) is -3.78. The summed E-state index contributed by atoms with van der Waals surface area (Å²) in [6.07, 6.45) is -0.415. The summed E-state index contributed by atoms with van der Waals surface area (Å²) in [5, 5.41) is 7.22. The van der Waals surface area contributed by atoms with Crippen molar-refractivity contribution in [3.05, 3.63) is 59.0 Å². The molecule has 34 heavy (non-hydrogen) atoms. The van der Waals surface area contributed by atoms with Gasteiger partial charge < -0.3 is 10.1 Å². The van der Waals surface area contributed by atoms with Gasteiger partial charge in [-0.3, -0.25) is 4.79 Å². The van der Waals surface area contributed by atoms with Crippen LogP contribution in [0.3, 0.4) is 0 Å². The Bertz CT molecular complexity index is 1310. The lowest BCUT2D eigenvalue weighted by Crippen LogP contribution is -2.48. The van der Waals surface area contributed by atoms with Crippen LogP contribution in [0.15, 0.2) is 41.3 Å². The molecule has 0 spiro atoms. The molecule has 1 N–H and O–H groups in total. The Hall–Kier alpha value is -3.15. The first kappa shape index (κ1) is 24.0. The van der Waals surface area contributed by atoms with Gasteiger partial charge in [-0.25, -0.2) is 18.4 Å². The van der Waals surface area contributed by atoms with Crippen LogP contribution < -0.4 is 5.32 Å². The van der Waals surface area contributed by atoms with Crippen molar-refractivity contribution in [1.82, 2.24) is 24.1 Å². The summed E-state index contributed by atoms with van der Waals surface area (Å²) in [4.78, 5) is 22.0. The molecular formula is C23H28N6O4S. The average molecular weight is 485 g/mol. The maximum absolute atomic E-state index is 13.2. The van der Waals surface area contributed by atoms with Crippen LogP contribution in [0.1, 0.15) is 41.3 Å². The maximum atomic E-state index is 13.2. The van der Waals surface area contributed by atoms with Crippen molar-refractivity contribution in [2.75, 3.05) is 18.4 Å². The molecule has 180 valence electrons. The monoisotopic (exact) mass is 484 g/mol. The molecule has 4 rings (SSSR count). The molecule has 2 aromatic heterocycles. The second-order valence-electron chi connectivity index (χ2n) is 8.59. The molecule has 11 heteroatoms. The van der Waals surface area contributed by atoms with E-state index in [-0.39, 0.29) is 35.8 Å². The Labute approximate surface area is 199 Å². The average Bonchev–Trinajstić information content (AvgIpc) is 3.12. The standard InChI is InChI=1S/C23H28N6O4S/c1-14-9-15(2)25-23(24-14)29-21(10-16(3)27-29)26-22(30)19-7-6-8-20(11-19)34(31,32)28-12-17(4)33-18(5)13-28/h6-11,17-18H,12-13H2,1-5H3,(H,26,30). The largest absolute Gasteiger partial charge is 0.373 e. The topological polar surface area (TPSA) is 119 Å². The number of anilines is 1. The lowest BCUT2D eigenvalue weighted by Gasteiger charge is -2.34. The van der Waals surface area contributed by atoms with Gasteiger partial charge in [0.05, 0.1) is 22.8 Å². The molecule has 1 aromatic carbocycles. The first-order valence-electron chi connectivity index (χ1n) is 11.0. The Balaban J connectivity index is 1.61. The van der Waals surface area contributed by atoms with Crippen molar-refractivity contribution in [3.63, 3.8) is 0 Å². The smallest absolute Gasteiger partial charge is 0.256 e. The highest BCUT2D eigenvalue weighted by atomic mass is 32.2. The molecule has 1 fully saturated rings. The molecule has 0 bridgehead atoms. The van der Waals surface area contributed by atoms with E-state index in [2.05, 4.69) is 20.4 Å². The van der Waals surface area contributed by atoms with Gasteiger partial charge in [0.2, 0.25) is 10.0 Å². The molecule has 1 amide bonds. The number of nitrogens with one attached hydrogen (secondary N) is 1. The van der Waals surface area contributed by atoms with Crippen molar-refractivity contribution in [2.24, 2.45) is 0 Å². The molecule has 10 nitrogen and oxygen atoms in total. The summed E-state index contributed by atoms with van der Waals surface area (Å²) < 4.78 is 35.0. The Morgan fingerprint density at radius 3 is 2.29 bits per heavy atom. The quantitative estimate of drug-likeness (QED) is 0.591. The highest BCUT2D eigenvalue weighted by Gasteiger charge is 2.32. The molecule has 0 aliphatic carbocycles. The van der Waals surface area contributed by atoms with Crippen LogP contribution in [0.4, 0.5) is 5.82 Å². The highest BCUT2D eigenvalue weighted by Crippen LogP contribution is 2.23. The predicted octanol–water partition coefficient (Wildman–Crippen LogP) is 2.64. The van der Waals surface area contributed by atoms with E-state index in [9.17, 15) is 13.2 Å². The number of ether oxygens (including phenoxy) is 1. The minimum absolute atomic E-state index is 0.0591. The second kappa shape index (κ2) is 9.24. The fraction of sp³-hybridized carbons (Fsp3) is 0.391. The number of hydrogen-bond donors (Lipinski definition) is 1. The number of aryl methyl sites for hydroxylation is 3. The van der Waals surface area contributed by atoms with E-state index in [0.717, 1.165) is 11.4 Å². The third-order valence-corrected chi connectivity index (χ3v) is 7.18. The van der Waals surface area contributed by atoms with E-state index in [1.165, 1.54) is 21.1 Å². The van der Waals surface area contributed by atoms with Crippen molar-refractivity contribution >= 4 is 21.7 Å². The number of nitrogens with zero attached hydrogens (tertiary/aromatic N) is 5. The zero-order chi connectivity index (χ0) is 24.6. The van der Waals surface area contributed by atoms with Gasteiger partial charge in [0.15, 0.2) is 0 Å². The molecule has 1 saturated heterocycles. The molecule has 3 aromatic rings. The lowest BCUT2D eigenvalue weighted by molar-refractivity contribution is -0.0440. The first-order valence-corrected chi connectivity index (χ1v) is 12.4. The number of morpholine rings is 1. The molecule has 0 radical (unpaired) electrons. The maximum Gasteiger partial charge on any atom is 0.256 e. The van der Waals surface area contributed by atoms with E-state index in [4.69, 9.17) is 4.74 Å². The van der Waals surface area contributed by atoms with Gasteiger partial charge >= 0.3 is 0 Å². The number of carbonyl (C=O) groups excluding carboxylic acids is 1. The number of benzene rings is 1. The number of carbonyl (C=O) groups is 1. The predicted molar refractivity (Wildman–Crippen MR) is 127 cm³/mol. The van der Waals surface area contributed by atoms with E-state index in [1.807, 2.05) is 33.8 Å². The van der Waals surface area contributed by atoms with Crippen LogP contribution in [-0.2, 0) is 14.8 Å². The molecule has 1 aliphatic rings. The zero-order valence-corrected chi connectivity index (χ0v) is 20.6. The van der Waals surface area contributed by atoms with Gasteiger partial charge in [0, 0.05) is 36.1 Å². The number of hydrogen-bond acceptors (Lipinski definition) is 7. The Kier molecular flexibility index (Phi) is 6.52. The zero-order valence-electron chi connectivity index (χ0n) is 19.8. The first-order chi connectivity index (χ1) is 16.0. The van der Waals surface area contributed by atoms with Gasteiger partial charge in [-0.2, -0.15) is 14.1 Å². The van der Waals surface area contributed by atoms with Crippen molar-refractivity contribution in [1.29, 1.82) is 0 Å². The van der Waals surface area contributed by atoms with Crippen LogP contribution in [0.5, 0.6) is 0 Å². The summed E-state index contributed by atoms with van der Waals surface area (Å²) in [6.45, 7) is 9.71. The van der Waals surface area contributed by atoms with Crippen molar-refractivity contribution < 1.29 is 17.9 Å². The normalized spacial score (nSPS) is 19.2. The summed E-state index contributed by atoms with van der Waals surface area (Å²) >= 11 is 0. The van der Waals surface area contributed by atoms with E-state index in [1.54, 1.807) is 25.1 Å². The van der Waals surface area contributed by atoms with E-state index in [0.29, 0.717) is 17.5 Å². The molecule has 2 atom stereocenters. The molecular weight excluding hydrogens is 456 g/mol. The van der Waals surface area contributed by atoms with Crippen LogP contribution in [0.25, 0.3) is 5.95 Å². The summed E-state index contributed by atoms with van der Waals surface area (Å²) in [5.74, 6) is 0.260. The summed E-state index contributed by atoms with van der Waals surface area (Å²) in [6, 6.07) is 9.56. The van der Waals surface area contributed by atoms with Gasteiger partial charge in [-0.05, 0) is 58.9 Å². The number of amides is 1. The third kappa shape index (κ3) is 5.01. The minimum atomic E-state index is -3.78. The van der Waals surface area contributed by atoms with Crippen LogP contribution in [0.2, 0.25) is 0 Å². The van der Waals surface area contributed by atoms with Gasteiger partial charge in [-0.15, -0.1) is 0 Å². The second-order valence-corrected chi connectivity index (χ2v) is 10.5. The fourth-order valence-electron chi connectivity index (χ4n) is 4.01. The highest BCUT2D eigenvalue weighted by molar-refractivity contribution is 7.89. The minimum Gasteiger partial charge on any atom is -0.373 e. The molecule has 1 aliphatic heterocycles. The molecule has 0 saturated carbocycles. The molecule has 3 heterocycles. The van der Waals surface area contributed by atoms with E-state index >= 15 is 0 Å². The Morgan fingerprint density at radius 2 is 1.65 bits per heavy atom. The van der Waals surface area contributed by atoms with Crippen molar-refractivity contribution in [2.45, 2.75) is 51.7 Å². The third-order valence-electron chi connectivity index (χ3n) is 5.35. The fourth-order valence-corrected chi connectivity index (χ4v) is 5.64. The molecule has 2 unspecified atom stereocenters. The number of rotatable bonds is 5. The van der Waals surface area contributed by atoms with Gasteiger partial charge in [-0.1, -0.05) is 6.07 Å². The van der Waals surface area contributed by atoms with Crippen molar-refractivity contribution in [3.8, 4) is 5.95 Å². The summed E-state index contributed by atoms with van der Waals surface area (Å²) in [5.41, 5.74) is 2.43. The van der Waals surface area contributed by atoms with Gasteiger partial charge in [0.1, 0.15) is 5.82 Å². The van der Waals surface area contributed by atoms with Crippen LogP contribution in [-0.4, -0.2) is 63.7 Å². The van der Waals surface area contributed by atoms with E-state index < -0.39 is 15.9 Å². The van der Waals surface area contributed by atoms with Gasteiger partial charge in [0.25, 0.3) is 11.9 Å². The lowest BCUT2D eigenvalue weighted by atomic mass is 10.2. The van der Waals surface area contributed by atoms with Crippen LogP contribution in [0, 0.1) is 20.8 Å². The number of sulfonamides is 1. The Morgan fingerprint density at radius 1 is 1.00 bits per heavy atom. The number of aromatic nitrogens is 4. The van der Waals surface area contributed by atoms with Crippen LogP contribution >= 0.6 is 0 Å².